The molecule has 0 rings (SSSR count). The van der Waals surface area contributed by atoms with Crippen molar-refractivity contribution in [2.24, 2.45) is 0 Å². The smallest absolute Gasteiger partial charge is 0.0614 e. The van der Waals surface area contributed by atoms with Crippen molar-refractivity contribution in [3.63, 3.8) is 0 Å². The van der Waals surface area contributed by atoms with Crippen LogP contribution in [0.15, 0.2) is 47.1 Å². The molecule has 1 N–H and O–H groups in total. The normalized spacial score (nSPS) is 13.1. The molecule has 0 aromatic heterocycles. The van der Waals surface area contributed by atoms with Gasteiger partial charge in [0, 0.05) is 0 Å². The second-order valence-electron chi connectivity index (χ2n) is 5.69. The van der Waals surface area contributed by atoms with E-state index in [1.54, 1.807) is 0 Å². The van der Waals surface area contributed by atoms with Crippen molar-refractivity contribution in [3.05, 3.63) is 47.1 Å². The third kappa shape index (κ3) is 13.4. The fourth-order valence-corrected chi connectivity index (χ4v) is 1.92. The van der Waals surface area contributed by atoms with E-state index >= 15 is 0 Å². The Bertz CT molecular complexity index is 352. The van der Waals surface area contributed by atoms with Gasteiger partial charge in [0.1, 0.15) is 0 Å². The molecule has 1 heteroatoms. The summed E-state index contributed by atoms with van der Waals surface area (Å²) in [6.07, 6.45) is 17.8. The van der Waals surface area contributed by atoms with Gasteiger partial charge in [-0.3, -0.25) is 0 Å². The fourth-order valence-electron chi connectivity index (χ4n) is 1.92. The molecule has 0 unspecified atom stereocenters. The number of aliphatic hydroxyl groups is 1. The third-order valence-corrected chi connectivity index (χ3v) is 3.23. The quantitative estimate of drug-likeness (QED) is 0.399. The van der Waals surface area contributed by atoms with Crippen LogP contribution in [0.4, 0.5) is 0 Å². The summed E-state index contributed by atoms with van der Waals surface area (Å²) in [5.74, 6) is 0. The second kappa shape index (κ2) is 12.9. The van der Waals surface area contributed by atoms with Crippen molar-refractivity contribution in [3.8, 4) is 0 Å². The zero-order valence-electron chi connectivity index (χ0n) is 13.8. The van der Waals surface area contributed by atoms with Crippen LogP contribution >= 0.6 is 0 Å². The minimum Gasteiger partial charge on any atom is -0.392 e. The number of unbranched alkanes of at least 4 members (excludes halogenated alkanes) is 1. The Morgan fingerprint density at radius 1 is 0.700 bits per heavy atom. The first kappa shape index (κ1) is 18.9. The predicted octanol–water partition coefficient (Wildman–Crippen LogP) is 5.73. The van der Waals surface area contributed by atoms with Gasteiger partial charge in [-0.15, -0.1) is 0 Å². The Morgan fingerprint density at radius 2 is 1.30 bits per heavy atom. The molecule has 0 aliphatic rings. The summed E-state index contributed by atoms with van der Waals surface area (Å²) in [7, 11) is 0. The van der Waals surface area contributed by atoms with Crippen molar-refractivity contribution in [2.75, 3.05) is 6.61 Å². The van der Waals surface area contributed by atoms with Gasteiger partial charge in [-0.25, -0.2) is 0 Å². The average Bonchev–Trinajstić information content (AvgIpc) is 2.37. The zero-order chi connectivity index (χ0) is 15.2. The van der Waals surface area contributed by atoms with Crippen LogP contribution < -0.4 is 0 Å². The Morgan fingerprint density at radius 3 is 1.95 bits per heavy atom. The molecule has 0 spiro atoms. The van der Waals surface area contributed by atoms with Gasteiger partial charge >= 0.3 is 0 Å². The Labute approximate surface area is 125 Å². The summed E-state index contributed by atoms with van der Waals surface area (Å²) >= 11 is 0. The van der Waals surface area contributed by atoms with Crippen LogP contribution in [0.1, 0.15) is 66.2 Å². The van der Waals surface area contributed by atoms with E-state index in [-0.39, 0.29) is 6.61 Å². The van der Waals surface area contributed by atoms with Crippen LogP contribution in [0.25, 0.3) is 0 Å². The highest BCUT2D eigenvalue weighted by Crippen LogP contribution is 2.10. The van der Waals surface area contributed by atoms with Crippen LogP contribution in [-0.4, -0.2) is 11.7 Å². The molecule has 114 valence electrons. The van der Waals surface area contributed by atoms with Gasteiger partial charge in [0.2, 0.25) is 0 Å². The van der Waals surface area contributed by atoms with E-state index in [4.69, 9.17) is 5.11 Å². The summed E-state index contributed by atoms with van der Waals surface area (Å²) in [6, 6.07) is 0. The first-order chi connectivity index (χ1) is 9.56. The first-order valence-corrected chi connectivity index (χ1v) is 7.76. The second-order valence-corrected chi connectivity index (χ2v) is 5.69. The van der Waals surface area contributed by atoms with Crippen molar-refractivity contribution < 1.29 is 5.11 Å². The Balaban J connectivity index is 3.71. The molecule has 0 atom stereocenters. The van der Waals surface area contributed by atoms with Gasteiger partial charge in [-0.05, 0) is 66.2 Å². The lowest BCUT2D eigenvalue weighted by molar-refractivity contribution is 0.341. The van der Waals surface area contributed by atoms with Crippen LogP contribution in [-0.2, 0) is 0 Å². The molecule has 0 radical (unpaired) electrons. The largest absolute Gasteiger partial charge is 0.392 e. The first-order valence-electron chi connectivity index (χ1n) is 7.76. The van der Waals surface area contributed by atoms with E-state index in [9.17, 15) is 0 Å². The monoisotopic (exact) mass is 276 g/mol. The maximum absolute atomic E-state index is 8.78. The standard InChI is InChI=1S/C19H32O/c1-17(2)11-8-6-5-7-9-12-18(3)13-10-14-19(4)15-16-20/h5,7,11,13,15,20H,6,8-10,12,14,16H2,1-4H3/b7-5?,18-13-,19-15-. The van der Waals surface area contributed by atoms with E-state index in [1.807, 2.05) is 6.08 Å². The molecule has 0 bridgehead atoms. The van der Waals surface area contributed by atoms with E-state index in [0.717, 1.165) is 38.5 Å². The van der Waals surface area contributed by atoms with Gasteiger partial charge in [-0.1, -0.05) is 47.1 Å². The van der Waals surface area contributed by atoms with Crippen LogP contribution in [0, 0.1) is 0 Å². The predicted molar refractivity (Wildman–Crippen MR) is 90.9 cm³/mol. The van der Waals surface area contributed by atoms with Crippen molar-refractivity contribution in [1.82, 2.24) is 0 Å². The number of hydrogen-bond donors (Lipinski definition) is 1. The molecular formula is C19H32O. The lowest BCUT2D eigenvalue weighted by Gasteiger charge is -2.00. The van der Waals surface area contributed by atoms with E-state index in [0.29, 0.717) is 0 Å². The highest BCUT2D eigenvalue weighted by molar-refractivity contribution is 5.04. The molecule has 0 aromatic rings. The lowest BCUT2D eigenvalue weighted by atomic mass is 10.1. The summed E-state index contributed by atoms with van der Waals surface area (Å²) in [6.45, 7) is 8.74. The Kier molecular flexibility index (Phi) is 12.2. The van der Waals surface area contributed by atoms with Gasteiger partial charge in [-0.2, -0.15) is 0 Å². The maximum Gasteiger partial charge on any atom is 0.0614 e. The fraction of sp³-hybridized carbons (Fsp3) is 0.579. The average molecular weight is 276 g/mol. The molecule has 0 saturated heterocycles. The van der Waals surface area contributed by atoms with E-state index in [1.165, 1.54) is 16.7 Å². The molecule has 0 fully saturated rings. The van der Waals surface area contributed by atoms with E-state index < -0.39 is 0 Å². The number of allylic oxidation sites excluding steroid dienone is 7. The summed E-state index contributed by atoms with van der Waals surface area (Å²) < 4.78 is 0. The van der Waals surface area contributed by atoms with Crippen LogP contribution in [0.5, 0.6) is 0 Å². The zero-order valence-corrected chi connectivity index (χ0v) is 13.8. The molecule has 0 saturated carbocycles. The highest BCUT2D eigenvalue weighted by Gasteiger charge is 1.91. The third-order valence-electron chi connectivity index (χ3n) is 3.23. The van der Waals surface area contributed by atoms with Crippen molar-refractivity contribution in [1.29, 1.82) is 0 Å². The molecule has 0 aliphatic carbocycles. The van der Waals surface area contributed by atoms with Crippen molar-refractivity contribution >= 4 is 0 Å². The molecule has 1 nitrogen and oxygen atoms in total. The SMILES string of the molecule is CC(C)=CCCC=CCC/C(C)=C\CC/C(C)=C\CO. The number of aliphatic hydroxyl groups excluding tert-OH is 1. The molecule has 20 heavy (non-hydrogen) atoms. The summed E-state index contributed by atoms with van der Waals surface area (Å²) in [4.78, 5) is 0. The molecular weight excluding hydrogens is 244 g/mol. The highest BCUT2D eigenvalue weighted by atomic mass is 16.2. The topological polar surface area (TPSA) is 20.2 Å². The minimum absolute atomic E-state index is 0.159. The maximum atomic E-state index is 8.78. The number of hydrogen-bond acceptors (Lipinski definition) is 1. The summed E-state index contributed by atoms with van der Waals surface area (Å²) in [5.41, 5.74) is 4.15. The Hall–Kier alpha value is -1.08. The van der Waals surface area contributed by atoms with Gasteiger partial charge in [0.15, 0.2) is 0 Å². The van der Waals surface area contributed by atoms with Crippen LogP contribution in [0.2, 0.25) is 0 Å². The molecule has 0 amide bonds. The van der Waals surface area contributed by atoms with E-state index in [2.05, 4.69) is 52.0 Å². The van der Waals surface area contributed by atoms with Gasteiger partial charge in [0.05, 0.1) is 6.61 Å². The van der Waals surface area contributed by atoms with Gasteiger partial charge < -0.3 is 5.11 Å². The molecule has 0 heterocycles. The minimum atomic E-state index is 0.159. The lowest BCUT2D eigenvalue weighted by Crippen LogP contribution is -1.82. The van der Waals surface area contributed by atoms with Crippen molar-refractivity contribution in [2.45, 2.75) is 66.2 Å². The molecule has 0 aliphatic heterocycles. The number of rotatable bonds is 10. The summed E-state index contributed by atoms with van der Waals surface area (Å²) in [5, 5.41) is 8.78. The van der Waals surface area contributed by atoms with Crippen LogP contribution in [0.3, 0.4) is 0 Å². The van der Waals surface area contributed by atoms with Gasteiger partial charge in [0.25, 0.3) is 0 Å². The molecule has 0 aromatic carbocycles.